The molecule has 0 atom stereocenters. The molecule has 0 unspecified atom stereocenters. The number of amides is 1. The molecule has 0 spiro atoms. The molecule has 0 aromatic heterocycles. The lowest BCUT2D eigenvalue weighted by atomic mass is 10.2. The van der Waals surface area contributed by atoms with Crippen LogP contribution in [-0.2, 0) is 3.79 Å². The van der Waals surface area contributed by atoms with Crippen LogP contribution >= 0.6 is 46.4 Å². The van der Waals surface area contributed by atoms with Crippen molar-refractivity contribution in [3.8, 4) is 0 Å². The van der Waals surface area contributed by atoms with Crippen molar-refractivity contribution in [1.29, 1.82) is 0 Å². The number of carbonyl (C=O) groups is 1. The average molecular weight is 290 g/mol. The van der Waals surface area contributed by atoms with Crippen LogP contribution in [-0.4, -0.2) is 5.37 Å². The zero-order valence-corrected chi connectivity index (χ0v) is 10.4. The highest BCUT2D eigenvalue weighted by Gasteiger charge is 2.21. The van der Waals surface area contributed by atoms with Crippen molar-refractivity contribution < 1.29 is 4.79 Å². The monoisotopic (exact) mass is 288 g/mol. The summed E-state index contributed by atoms with van der Waals surface area (Å²) in [5, 5.41) is -0.861. The predicted molar refractivity (Wildman–Crippen MR) is 65.5 cm³/mol. The van der Waals surface area contributed by atoms with Gasteiger partial charge in [-0.3, -0.25) is 4.79 Å². The number of nitrogen functional groups attached to an aromatic ring is 1. The van der Waals surface area contributed by atoms with Crippen LogP contribution in [0.25, 0.3) is 0 Å². The van der Waals surface area contributed by atoms with Gasteiger partial charge < -0.3 is 11.5 Å². The van der Waals surface area contributed by atoms with Crippen molar-refractivity contribution in [2.24, 2.45) is 5.73 Å². The number of hydrogen-bond donors (Lipinski definition) is 2. The standard InChI is InChI=1S/C7H6Cl3N.CH2ClNO/c8-7(9,10)5-1-3-6(11)4-2-5;2-1(3)4/h1-4H,11H2;(H2,3,4). The SMILES string of the molecule is NC(=O)Cl.Nc1ccc(C(Cl)(Cl)Cl)cc1. The van der Waals surface area contributed by atoms with Gasteiger partial charge in [0.2, 0.25) is 3.79 Å². The summed E-state index contributed by atoms with van der Waals surface area (Å²) in [6, 6.07) is 6.75. The Hall–Kier alpha value is -0.350. The van der Waals surface area contributed by atoms with E-state index in [1.807, 2.05) is 0 Å². The van der Waals surface area contributed by atoms with E-state index >= 15 is 0 Å². The van der Waals surface area contributed by atoms with Gasteiger partial charge >= 0.3 is 5.37 Å². The zero-order chi connectivity index (χ0) is 12.1. The zero-order valence-electron chi connectivity index (χ0n) is 7.38. The van der Waals surface area contributed by atoms with Crippen molar-refractivity contribution >= 4 is 57.5 Å². The molecular formula is C8H8Cl4N2O. The van der Waals surface area contributed by atoms with Crippen LogP contribution in [0.5, 0.6) is 0 Å². The normalized spacial score (nSPS) is 10.1. The fraction of sp³-hybridized carbons (Fsp3) is 0.125. The first-order valence-corrected chi connectivity index (χ1v) is 5.12. The van der Waals surface area contributed by atoms with E-state index < -0.39 is 9.16 Å². The second kappa shape index (κ2) is 6.28. The van der Waals surface area contributed by atoms with Crippen LogP contribution in [0.4, 0.5) is 10.5 Å². The molecular weight excluding hydrogens is 282 g/mol. The minimum absolute atomic E-state index is 0.622. The van der Waals surface area contributed by atoms with Crippen LogP contribution in [0, 0.1) is 0 Å². The maximum atomic E-state index is 8.99. The number of nitrogens with two attached hydrogens (primary N) is 2. The Labute approximate surface area is 107 Å². The van der Waals surface area contributed by atoms with E-state index in [1.165, 1.54) is 0 Å². The first kappa shape index (κ1) is 14.6. The van der Waals surface area contributed by atoms with Gasteiger partial charge in [-0.15, -0.1) is 0 Å². The lowest BCUT2D eigenvalue weighted by Crippen LogP contribution is -1.99. The van der Waals surface area contributed by atoms with E-state index in [0.717, 1.165) is 0 Å². The highest BCUT2D eigenvalue weighted by molar-refractivity contribution is 6.66. The molecule has 0 bridgehead atoms. The van der Waals surface area contributed by atoms with Crippen molar-refractivity contribution in [3.05, 3.63) is 29.8 Å². The Kier molecular flexibility index (Phi) is 6.13. The summed E-state index contributed by atoms with van der Waals surface area (Å²) in [4.78, 5) is 8.99. The Bertz CT molecular complexity index is 316. The fourth-order valence-corrected chi connectivity index (χ4v) is 1.05. The summed E-state index contributed by atoms with van der Waals surface area (Å²) in [6.45, 7) is 0. The van der Waals surface area contributed by atoms with Crippen LogP contribution in [0.1, 0.15) is 5.56 Å². The molecule has 84 valence electrons. The van der Waals surface area contributed by atoms with Gasteiger partial charge in [0.05, 0.1) is 0 Å². The molecule has 0 aliphatic heterocycles. The Morgan fingerprint density at radius 2 is 1.47 bits per heavy atom. The van der Waals surface area contributed by atoms with Crippen molar-refractivity contribution in [1.82, 2.24) is 0 Å². The third-order valence-corrected chi connectivity index (χ3v) is 1.89. The van der Waals surface area contributed by atoms with E-state index in [0.29, 0.717) is 11.3 Å². The van der Waals surface area contributed by atoms with Gasteiger partial charge in [-0.05, 0) is 23.7 Å². The maximum absolute atomic E-state index is 8.99. The van der Waals surface area contributed by atoms with E-state index in [2.05, 4.69) is 17.3 Å². The van der Waals surface area contributed by atoms with E-state index in [-0.39, 0.29) is 0 Å². The van der Waals surface area contributed by atoms with E-state index in [9.17, 15) is 0 Å². The highest BCUT2D eigenvalue weighted by Crippen LogP contribution is 2.38. The number of carbonyl (C=O) groups excluding carboxylic acids is 1. The molecule has 15 heavy (non-hydrogen) atoms. The Balaban J connectivity index is 0.000000423. The number of alkyl halides is 3. The van der Waals surface area contributed by atoms with Gasteiger partial charge in [-0.2, -0.15) is 0 Å². The third kappa shape index (κ3) is 7.56. The maximum Gasteiger partial charge on any atom is 0.311 e. The topological polar surface area (TPSA) is 69.1 Å². The van der Waals surface area contributed by atoms with Crippen LogP contribution in [0.2, 0.25) is 0 Å². The van der Waals surface area contributed by atoms with Crippen LogP contribution < -0.4 is 11.5 Å². The molecule has 0 heterocycles. The lowest BCUT2D eigenvalue weighted by Gasteiger charge is -2.10. The van der Waals surface area contributed by atoms with Gasteiger partial charge in [-0.25, -0.2) is 0 Å². The summed E-state index contributed by atoms with van der Waals surface area (Å²) in [6.07, 6.45) is 0. The van der Waals surface area contributed by atoms with Gasteiger partial charge in [0, 0.05) is 11.3 Å². The molecule has 0 aliphatic carbocycles. The number of hydrogen-bond acceptors (Lipinski definition) is 2. The lowest BCUT2D eigenvalue weighted by molar-refractivity contribution is 0.266. The van der Waals surface area contributed by atoms with Crippen LogP contribution in [0.15, 0.2) is 24.3 Å². The summed E-state index contributed by atoms with van der Waals surface area (Å²) in [7, 11) is 0. The quantitative estimate of drug-likeness (QED) is 0.333. The molecule has 0 aliphatic rings. The molecule has 7 heteroatoms. The summed E-state index contributed by atoms with van der Waals surface area (Å²) in [5.41, 5.74) is 11.0. The predicted octanol–water partition coefficient (Wildman–Crippen LogP) is 3.40. The summed E-state index contributed by atoms with van der Waals surface area (Å²) >= 11 is 21.2. The number of anilines is 1. The molecule has 0 saturated carbocycles. The minimum Gasteiger partial charge on any atom is -0.399 e. The molecule has 1 rings (SSSR count). The second-order valence-electron chi connectivity index (χ2n) is 2.42. The first-order valence-electron chi connectivity index (χ1n) is 3.61. The van der Waals surface area contributed by atoms with E-state index in [1.54, 1.807) is 24.3 Å². The van der Waals surface area contributed by atoms with Crippen molar-refractivity contribution in [2.75, 3.05) is 5.73 Å². The van der Waals surface area contributed by atoms with Crippen molar-refractivity contribution in [2.45, 2.75) is 3.79 Å². The molecule has 1 aromatic rings. The largest absolute Gasteiger partial charge is 0.399 e. The van der Waals surface area contributed by atoms with Crippen LogP contribution in [0.3, 0.4) is 0 Å². The molecule has 3 nitrogen and oxygen atoms in total. The number of halogens is 4. The molecule has 0 radical (unpaired) electrons. The molecule has 0 fully saturated rings. The minimum atomic E-state index is -1.35. The molecule has 1 amide bonds. The average Bonchev–Trinajstić information content (AvgIpc) is 2.01. The van der Waals surface area contributed by atoms with E-state index in [4.69, 9.17) is 45.3 Å². The Morgan fingerprint density at radius 3 is 1.73 bits per heavy atom. The Morgan fingerprint density at radius 1 is 1.13 bits per heavy atom. The molecule has 0 saturated heterocycles. The number of benzene rings is 1. The number of rotatable bonds is 0. The first-order chi connectivity index (χ1) is 6.73. The summed E-state index contributed by atoms with van der Waals surface area (Å²) in [5.74, 6) is 0. The van der Waals surface area contributed by atoms with Gasteiger partial charge in [-0.1, -0.05) is 46.9 Å². The number of primary amides is 1. The fourth-order valence-electron chi connectivity index (χ4n) is 0.672. The smallest absolute Gasteiger partial charge is 0.311 e. The molecule has 4 N–H and O–H groups in total. The van der Waals surface area contributed by atoms with Crippen molar-refractivity contribution in [3.63, 3.8) is 0 Å². The molecule has 1 aromatic carbocycles. The highest BCUT2D eigenvalue weighted by atomic mass is 35.6. The summed E-state index contributed by atoms with van der Waals surface area (Å²) < 4.78 is -1.35. The van der Waals surface area contributed by atoms with Gasteiger partial charge in [0.25, 0.3) is 0 Å². The third-order valence-electron chi connectivity index (χ3n) is 1.24. The van der Waals surface area contributed by atoms with Gasteiger partial charge in [0.15, 0.2) is 0 Å². The van der Waals surface area contributed by atoms with Gasteiger partial charge in [0.1, 0.15) is 0 Å². The second-order valence-corrected chi connectivity index (χ2v) is 5.08.